The summed E-state index contributed by atoms with van der Waals surface area (Å²) >= 11 is 0. The fraction of sp³-hybridized carbons (Fsp3) is 0.250. The Bertz CT molecular complexity index is 786. The number of H-pyrrole nitrogens is 1. The summed E-state index contributed by atoms with van der Waals surface area (Å²) in [7, 11) is -3.76. The van der Waals surface area contributed by atoms with Crippen molar-refractivity contribution in [1.82, 2.24) is 10.2 Å². The summed E-state index contributed by atoms with van der Waals surface area (Å²) in [6, 6.07) is 4.49. The number of hydrogen-bond donors (Lipinski definition) is 1. The molecule has 1 aliphatic rings. The first-order valence-electron chi connectivity index (χ1n) is 6.29. The van der Waals surface area contributed by atoms with Crippen molar-refractivity contribution in [2.75, 3.05) is 10.8 Å². The number of aromatic amines is 1. The monoisotopic (exact) mass is 308 g/mol. The number of sulfonamides is 1. The molecule has 0 radical (unpaired) electrons. The summed E-state index contributed by atoms with van der Waals surface area (Å²) in [5.41, 5.74) is 0.789. The predicted molar refractivity (Wildman–Crippen MR) is 74.5 cm³/mol. The number of nitrogens with zero attached hydrogens (tertiary/aromatic N) is 3. The van der Waals surface area contributed by atoms with E-state index >= 15 is 0 Å². The lowest BCUT2D eigenvalue weighted by Gasteiger charge is -2.29. The fourth-order valence-electron chi connectivity index (χ4n) is 2.50. The number of rotatable bonds is 3. The van der Waals surface area contributed by atoms with Crippen molar-refractivity contribution in [2.24, 2.45) is 0 Å². The Hall–Kier alpha value is -2.42. The number of anilines is 1. The second-order valence-electron chi connectivity index (χ2n) is 4.65. The van der Waals surface area contributed by atoms with Gasteiger partial charge in [-0.1, -0.05) is 6.07 Å². The minimum absolute atomic E-state index is 0.0420. The molecule has 1 N–H and O–H groups in total. The third-order valence-corrected chi connectivity index (χ3v) is 5.22. The van der Waals surface area contributed by atoms with Crippen molar-refractivity contribution in [3.8, 4) is 0 Å². The van der Waals surface area contributed by atoms with Crippen LogP contribution in [0.2, 0.25) is 0 Å². The average Bonchev–Trinajstić information content (AvgIpc) is 3.00. The first kappa shape index (κ1) is 13.6. The summed E-state index contributed by atoms with van der Waals surface area (Å²) in [4.78, 5) is 10.6. The lowest BCUT2D eigenvalue weighted by atomic mass is 10.0. The third-order valence-electron chi connectivity index (χ3n) is 3.44. The Morgan fingerprint density at radius 3 is 2.86 bits per heavy atom. The molecule has 21 heavy (non-hydrogen) atoms. The van der Waals surface area contributed by atoms with E-state index in [4.69, 9.17) is 0 Å². The lowest BCUT2D eigenvalue weighted by Crippen LogP contribution is -2.35. The molecule has 0 saturated carbocycles. The average molecular weight is 308 g/mol. The second-order valence-corrected chi connectivity index (χ2v) is 6.51. The molecule has 2 heterocycles. The van der Waals surface area contributed by atoms with Crippen LogP contribution in [0.1, 0.15) is 12.0 Å². The standard InChI is InChI=1S/C12H12N4O4S/c17-16(18)12-5-1-4-11-10(12)3-2-6-15(11)21(19,20)9-7-13-14-8-9/h1,4-5,7-8H,2-3,6H2,(H,13,14). The van der Waals surface area contributed by atoms with Gasteiger partial charge in [0, 0.05) is 18.8 Å². The largest absolute Gasteiger partial charge is 0.284 e. The van der Waals surface area contributed by atoms with Gasteiger partial charge in [-0.05, 0) is 18.9 Å². The minimum atomic E-state index is -3.76. The number of hydrogen-bond acceptors (Lipinski definition) is 5. The first-order valence-corrected chi connectivity index (χ1v) is 7.73. The molecule has 8 nitrogen and oxygen atoms in total. The summed E-state index contributed by atoms with van der Waals surface area (Å²) in [5.74, 6) is 0. The van der Waals surface area contributed by atoms with Gasteiger partial charge in [-0.15, -0.1) is 0 Å². The van der Waals surface area contributed by atoms with E-state index in [1.165, 1.54) is 28.8 Å². The highest BCUT2D eigenvalue weighted by Crippen LogP contribution is 2.36. The zero-order valence-electron chi connectivity index (χ0n) is 10.9. The quantitative estimate of drug-likeness (QED) is 0.682. The summed E-state index contributed by atoms with van der Waals surface area (Å²) in [6.07, 6.45) is 3.54. The van der Waals surface area contributed by atoms with Crippen molar-refractivity contribution in [2.45, 2.75) is 17.7 Å². The maximum absolute atomic E-state index is 12.6. The highest BCUT2D eigenvalue weighted by Gasteiger charge is 2.32. The molecule has 0 aliphatic carbocycles. The van der Waals surface area contributed by atoms with E-state index < -0.39 is 14.9 Å². The molecule has 1 aromatic carbocycles. The molecule has 1 aliphatic heterocycles. The molecule has 1 aromatic heterocycles. The molecule has 0 saturated heterocycles. The third kappa shape index (κ3) is 2.15. The zero-order chi connectivity index (χ0) is 15.0. The zero-order valence-corrected chi connectivity index (χ0v) is 11.7. The van der Waals surface area contributed by atoms with Gasteiger partial charge in [0.05, 0.1) is 22.4 Å². The van der Waals surface area contributed by atoms with Gasteiger partial charge in [0.15, 0.2) is 0 Å². The Balaban J connectivity index is 2.14. The highest BCUT2D eigenvalue weighted by atomic mass is 32.2. The van der Waals surface area contributed by atoms with E-state index in [0.717, 1.165) is 0 Å². The van der Waals surface area contributed by atoms with Crippen LogP contribution in [0.25, 0.3) is 0 Å². The van der Waals surface area contributed by atoms with Gasteiger partial charge in [-0.2, -0.15) is 5.10 Å². The Morgan fingerprint density at radius 1 is 1.38 bits per heavy atom. The number of nitro groups is 1. The van der Waals surface area contributed by atoms with Gasteiger partial charge >= 0.3 is 0 Å². The Kier molecular flexibility index (Phi) is 3.13. The van der Waals surface area contributed by atoms with Crippen LogP contribution < -0.4 is 4.31 Å². The van der Waals surface area contributed by atoms with Crippen LogP contribution in [-0.2, 0) is 16.4 Å². The Labute approximate surface area is 120 Å². The van der Waals surface area contributed by atoms with Crippen molar-refractivity contribution >= 4 is 21.4 Å². The van der Waals surface area contributed by atoms with Crippen molar-refractivity contribution in [3.05, 3.63) is 46.3 Å². The number of aromatic nitrogens is 2. The minimum Gasteiger partial charge on any atom is -0.284 e. The van der Waals surface area contributed by atoms with Crippen LogP contribution in [0, 0.1) is 10.1 Å². The number of nitro benzene ring substituents is 1. The molecule has 0 atom stereocenters. The SMILES string of the molecule is O=[N+]([O-])c1cccc2c1CCCN2S(=O)(=O)c1cn[nH]c1. The van der Waals surface area contributed by atoms with E-state index in [9.17, 15) is 18.5 Å². The molecule has 0 spiro atoms. The number of nitrogens with one attached hydrogen (secondary N) is 1. The topological polar surface area (TPSA) is 109 Å². The molecule has 0 bridgehead atoms. The van der Waals surface area contributed by atoms with Crippen LogP contribution in [0.3, 0.4) is 0 Å². The lowest BCUT2D eigenvalue weighted by molar-refractivity contribution is -0.385. The molecule has 0 fully saturated rings. The maximum Gasteiger partial charge on any atom is 0.274 e. The van der Waals surface area contributed by atoms with Crippen molar-refractivity contribution in [3.63, 3.8) is 0 Å². The predicted octanol–water partition coefficient (Wildman–Crippen LogP) is 1.46. The van der Waals surface area contributed by atoms with Gasteiger partial charge in [0.1, 0.15) is 4.90 Å². The second kappa shape index (κ2) is 4.85. The maximum atomic E-state index is 12.6. The first-order chi connectivity index (χ1) is 10.0. The highest BCUT2D eigenvalue weighted by molar-refractivity contribution is 7.92. The van der Waals surface area contributed by atoms with Gasteiger partial charge in [-0.3, -0.25) is 19.5 Å². The van der Waals surface area contributed by atoms with Crippen molar-refractivity contribution in [1.29, 1.82) is 0 Å². The van der Waals surface area contributed by atoms with Crippen LogP contribution in [-0.4, -0.2) is 30.1 Å². The molecular formula is C12H12N4O4S. The van der Waals surface area contributed by atoms with E-state index in [1.807, 2.05) is 0 Å². The molecule has 0 amide bonds. The van der Waals surface area contributed by atoms with Gasteiger partial charge in [0.25, 0.3) is 15.7 Å². The van der Waals surface area contributed by atoms with E-state index in [-0.39, 0.29) is 10.6 Å². The van der Waals surface area contributed by atoms with Crippen LogP contribution >= 0.6 is 0 Å². The molecule has 2 aromatic rings. The number of fused-ring (bicyclic) bond motifs is 1. The molecule has 0 unspecified atom stereocenters. The fourth-order valence-corrected chi connectivity index (χ4v) is 3.94. The van der Waals surface area contributed by atoms with Crippen LogP contribution in [0.4, 0.5) is 11.4 Å². The molecule has 9 heteroatoms. The van der Waals surface area contributed by atoms with Crippen LogP contribution in [0.5, 0.6) is 0 Å². The normalized spacial score (nSPS) is 14.8. The van der Waals surface area contributed by atoms with Crippen molar-refractivity contribution < 1.29 is 13.3 Å². The smallest absolute Gasteiger partial charge is 0.274 e. The number of benzene rings is 1. The molecule has 3 rings (SSSR count). The van der Waals surface area contributed by atoms with E-state index in [2.05, 4.69) is 10.2 Å². The van der Waals surface area contributed by atoms with Gasteiger partial charge in [-0.25, -0.2) is 8.42 Å². The van der Waals surface area contributed by atoms with Crippen LogP contribution in [0.15, 0.2) is 35.5 Å². The van der Waals surface area contributed by atoms with E-state index in [0.29, 0.717) is 30.6 Å². The van der Waals surface area contributed by atoms with Gasteiger partial charge < -0.3 is 0 Å². The molecule has 110 valence electrons. The summed E-state index contributed by atoms with van der Waals surface area (Å²) in [5, 5.41) is 17.2. The Morgan fingerprint density at radius 2 is 2.19 bits per heavy atom. The van der Waals surface area contributed by atoms with E-state index in [1.54, 1.807) is 6.07 Å². The summed E-state index contributed by atoms with van der Waals surface area (Å²) < 4.78 is 26.4. The van der Waals surface area contributed by atoms with Gasteiger partial charge in [0.2, 0.25) is 0 Å². The molecular weight excluding hydrogens is 296 g/mol. The summed E-state index contributed by atoms with van der Waals surface area (Å²) in [6.45, 7) is 0.293.